The van der Waals surface area contributed by atoms with Crippen LogP contribution in [-0.2, 0) is 6.42 Å². The molecule has 116 valence electrons. The van der Waals surface area contributed by atoms with E-state index in [0.29, 0.717) is 6.54 Å². The van der Waals surface area contributed by atoms with Crippen LogP contribution in [0.25, 0.3) is 0 Å². The highest BCUT2D eigenvalue weighted by atomic mass is 19.1. The highest BCUT2D eigenvalue weighted by Crippen LogP contribution is 2.48. The van der Waals surface area contributed by atoms with Gasteiger partial charge >= 0.3 is 0 Å². The van der Waals surface area contributed by atoms with Crippen LogP contribution in [0.15, 0.2) is 24.3 Å². The summed E-state index contributed by atoms with van der Waals surface area (Å²) in [5.41, 5.74) is 6.88. The van der Waals surface area contributed by atoms with Crippen molar-refractivity contribution in [2.75, 3.05) is 13.1 Å². The second-order valence-corrected chi connectivity index (χ2v) is 7.29. The predicted molar refractivity (Wildman–Crippen MR) is 84.5 cm³/mol. The van der Waals surface area contributed by atoms with Gasteiger partial charge < -0.3 is 11.1 Å². The summed E-state index contributed by atoms with van der Waals surface area (Å²) in [7, 11) is 0. The number of rotatable bonds is 8. The molecule has 1 aromatic rings. The summed E-state index contributed by atoms with van der Waals surface area (Å²) in [6.45, 7) is 3.80. The first kappa shape index (κ1) is 15.0. The Morgan fingerprint density at radius 1 is 1.29 bits per heavy atom. The Labute approximate surface area is 127 Å². The molecule has 3 heteroatoms. The van der Waals surface area contributed by atoms with Gasteiger partial charge in [-0.15, -0.1) is 0 Å². The SMILES string of the molecule is CC(CN)(Cc1cccc(F)c1)NCC(C1CC1)C1CC1. The molecule has 2 aliphatic rings. The maximum absolute atomic E-state index is 13.3. The first-order valence-electron chi connectivity index (χ1n) is 8.29. The topological polar surface area (TPSA) is 38.0 Å². The molecule has 0 aromatic heterocycles. The summed E-state index contributed by atoms with van der Waals surface area (Å²) in [5.74, 6) is 2.56. The molecule has 1 aromatic carbocycles. The van der Waals surface area contributed by atoms with E-state index in [1.165, 1.54) is 31.7 Å². The van der Waals surface area contributed by atoms with Gasteiger partial charge in [0.25, 0.3) is 0 Å². The second kappa shape index (κ2) is 6.05. The zero-order valence-corrected chi connectivity index (χ0v) is 12.9. The summed E-state index contributed by atoms with van der Waals surface area (Å²) in [4.78, 5) is 0. The Morgan fingerprint density at radius 3 is 2.48 bits per heavy atom. The molecule has 1 atom stereocenters. The lowest BCUT2D eigenvalue weighted by Gasteiger charge is -2.32. The molecule has 0 heterocycles. The maximum atomic E-state index is 13.3. The van der Waals surface area contributed by atoms with Gasteiger partial charge in [-0.3, -0.25) is 0 Å². The van der Waals surface area contributed by atoms with Crippen LogP contribution >= 0.6 is 0 Å². The van der Waals surface area contributed by atoms with Crippen molar-refractivity contribution in [2.45, 2.75) is 44.6 Å². The first-order chi connectivity index (χ1) is 10.1. The molecule has 0 spiro atoms. The smallest absolute Gasteiger partial charge is 0.123 e. The second-order valence-electron chi connectivity index (χ2n) is 7.29. The van der Waals surface area contributed by atoms with Gasteiger partial charge in [0, 0.05) is 12.1 Å². The van der Waals surface area contributed by atoms with Crippen molar-refractivity contribution in [2.24, 2.45) is 23.5 Å². The van der Waals surface area contributed by atoms with E-state index in [2.05, 4.69) is 12.2 Å². The number of benzene rings is 1. The fourth-order valence-corrected chi connectivity index (χ4v) is 3.44. The molecule has 2 fully saturated rings. The van der Waals surface area contributed by atoms with Crippen LogP contribution in [0.1, 0.15) is 38.2 Å². The van der Waals surface area contributed by atoms with E-state index in [-0.39, 0.29) is 11.4 Å². The molecular weight excluding hydrogens is 263 g/mol. The van der Waals surface area contributed by atoms with Gasteiger partial charge in [0.05, 0.1) is 0 Å². The first-order valence-corrected chi connectivity index (χ1v) is 8.29. The number of nitrogens with two attached hydrogens (primary N) is 1. The zero-order valence-electron chi connectivity index (χ0n) is 12.9. The van der Waals surface area contributed by atoms with E-state index in [1.54, 1.807) is 12.1 Å². The lowest BCUT2D eigenvalue weighted by molar-refractivity contribution is 0.294. The van der Waals surface area contributed by atoms with Gasteiger partial charge in [0.2, 0.25) is 0 Å². The van der Waals surface area contributed by atoms with Crippen molar-refractivity contribution in [3.63, 3.8) is 0 Å². The van der Waals surface area contributed by atoms with Crippen molar-refractivity contribution in [1.29, 1.82) is 0 Å². The van der Waals surface area contributed by atoms with Crippen molar-refractivity contribution in [1.82, 2.24) is 5.32 Å². The molecule has 3 N–H and O–H groups in total. The van der Waals surface area contributed by atoms with Crippen LogP contribution in [0.2, 0.25) is 0 Å². The molecule has 2 aliphatic carbocycles. The van der Waals surface area contributed by atoms with E-state index >= 15 is 0 Å². The number of nitrogens with one attached hydrogen (secondary N) is 1. The Bertz CT molecular complexity index is 470. The Balaban J connectivity index is 1.59. The summed E-state index contributed by atoms with van der Waals surface area (Å²) in [6.07, 6.45) is 6.42. The maximum Gasteiger partial charge on any atom is 0.123 e. The standard InChI is InChI=1S/C18H27FN2/c1-18(12-20,10-13-3-2-4-16(19)9-13)21-11-17(14-5-6-14)15-7-8-15/h2-4,9,14-15,17,21H,5-8,10-12,20H2,1H3. The summed E-state index contributed by atoms with van der Waals surface area (Å²) in [6, 6.07) is 6.87. The Morgan fingerprint density at radius 2 is 1.95 bits per heavy atom. The minimum absolute atomic E-state index is 0.143. The van der Waals surface area contributed by atoms with Gasteiger partial charge in [-0.1, -0.05) is 12.1 Å². The van der Waals surface area contributed by atoms with Gasteiger partial charge in [0.1, 0.15) is 5.82 Å². The third-order valence-electron chi connectivity index (χ3n) is 5.15. The average Bonchev–Trinajstić information content (AvgIpc) is 3.33. The van der Waals surface area contributed by atoms with Gasteiger partial charge in [-0.05, 0) is 81.0 Å². The molecule has 3 rings (SSSR count). The molecule has 0 amide bonds. The van der Waals surface area contributed by atoms with Crippen molar-refractivity contribution >= 4 is 0 Å². The van der Waals surface area contributed by atoms with Crippen molar-refractivity contribution in [3.8, 4) is 0 Å². The summed E-state index contributed by atoms with van der Waals surface area (Å²) < 4.78 is 13.3. The number of halogens is 1. The minimum Gasteiger partial charge on any atom is -0.329 e. The highest BCUT2D eigenvalue weighted by Gasteiger charge is 2.41. The average molecular weight is 290 g/mol. The van der Waals surface area contributed by atoms with Crippen LogP contribution in [0.5, 0.6) is 0 Å². The Hall–Kier alpha value is -0.930. The number of hydrogen-bond donors (Lipinski definition) is 2. The molecule has 1 unspecified atom stereocenters. The number of hydrogen-bond acceptors (Lipinski definition) is 2. The van der Waals surface area contributed by atoms with E-state index < -0.39 is 0 Å². The fraction of sp³-hybridized carbons (Fsp3) is 0.667. The van der Waals surface area contributed by atoms with Crippen molar-refractivity contribution in [3.05, 3.63) is 35.6 Å². The third kappa shape index (κ3) is 4.04. The third-order valence-corrected chi connectivity index (χ3v) is 5.15. The molecular formula is C18H27FN2. The van der Waals surface area contributed by atoms with E-state index in [4.69, 9.17) is 5.73 Å². The normalized spacial score (nSPS) is 21.5. The molecule has 0 bridgehead atoms. The summed E-state index contributed by atoms with van der Waals surface area (Å²) >= 11 is 0. The van der Waals surface area contributed by atoms with Gasteiger partial charge in [-0.25, -0.2) is 4.39 Å². The largest absolute Gasteiger partial charge is 0.329 e. The Kier molecular flexibility index (Phi) is 4.32. The van der Waals surface area contributed by atoms with Crippen LogP contribution in [0.3, 0.4) is 0 Å². The predicted octanol–water partition coefficient (Wildman–Crippen LogP) is 3.11. The quantitative estimate of drug-likeness (QED) is 0.772. The minimum atomic E-state index is -0.166. The highest BCUT2D eigenvalue weighted by molar-refractivity contribution is 5.19. The van der Waals surface area contributed by atoms with Crippen LogP contribution in [-0.4, -0.2) is 18.6 Å². The van der Waals surface area contributed by atoms with E-state index in [1.807, 2.05) is 6.07 Å². The van der Waals surface area contributed by atoms with Crippen LogP contribution in [0.4, 0.5) is 4.39 Å². The van der Waals surface area contributed by atoms with Gasteiger partial charge in [-0.2, -0.15) is 0 Å². The molecule has 0 radical (unpaired) electrons. The van der Waals surface area contributed by atoms with Crippen molar-refractivity contribution < 1.29 is 4.39 Å². The summed E-state index contributed by atoms with van der Waals surface area (Å²) in [5, 5.41) is 3.71. The van der Waals surface area contributed by atoms with Crippen LogP contribution in [0, 0.1) is 23.6 Å². The lowest BCUT2D eigenvalue weighted by Crippen LogP contribution is -2.52. The molecule has 21 heavy (non-hydrogen) atoms. The molecule has 2 saturated carbocycles. The monoisotopic (exact) mass is 290 g/mol. The lowest BCUT2D eigenvalue weighted by atomic mass is 9.90. The fourth-order valence-electron chi connectivity index (χ4n) is 3.44. The van der Waals surface area contributed by atoms with E-state index in [0.717, 1.165) is 36.3 Å². The van der Waals surface area contributed by atoms with E-state index in [9.17, 15) is 4.39 Å². The van der Waals surface area contributed by atoms with Gasteiger partial charge in [0.15, 0.2) is 0 Å². The zero-order chi connectivity index (χ0) is 14.9. The molecule has 0 aliphatic heterocycles. The molecule has 2 nitrogen and oxygen atoms in total. The molecule has 0 saturated heterocycles. The van der Waals surface area contributed by atoms with Crippen LogP contribution < -0.4 is 11.1 Å².